The van der Waals surface area contributed by atoms with E-state index in [2.05, 4.69) is 6.92 Å². The Morgan fingerprint density at radius 1 is 0.692 bits per heavy atom. The molecule has 0 aromatic rings. The second-order valence-corrected chi connectivity index (χ2v) is 3.62. The van der Waals surface area contributed by atoms with E-state index < -0.39 is 0 Å². The average molecular weight is 191 g/mol. The Balaban J connectivity index is 0. The Labute approximate surface area is 82.5 Å². The van der Waals surface area contributed by atoms with Crippen LogP contribution in [0.4, 0.5) is 4.70 Å². The molecule has 0 heterocycles. The van der Waals surface area contributed by atoms with Crippen LogP contribution in [0.5, 0.6) is 0 Å². The normalized spacial score (nSPS) is 9.69. The van der Waals surface area contributed by atoms with Crippen LogP contribution in [0.3, 0.4) is 0 Å². The molecule has 0 aliphatic rings. The van der Waals surface area contributed by atoms with Gasteiger partial charge in [-0.15, -0.1) is 0 Å². The van der Waals surface area contributed by atoms with Crippen LogP contribution < -0.4 is 5.73 Å². The Kier molecular flexibility index (Phi) is 17.0. The first-order chi connectivity index (χ1) is 5.91. The van der Waals surface area contributed by atoms with Gasteiger partial charge in [0.05, 0.1) is 0 Å². The molecule has 2 heteroatoms. The van der Waals surface area contributed by atoms with E-state index in [1.165, 1.54) is 57.8 Å². The lowest BCUT2D eigenvalue weighted by Crippen LogP contribution is -1.97. The molecule has 0 aromatic carbocycles. The van der Waals surface area contributed by atoms with E-state index >= 15 is 0 Å². The summed E-state index contributed by atoms with van der Waals surface area (Å²) in [5.74, 6) is 0. The van der Waals surface area contributed by atoms with Crippen LogP contribution in [-0.2, 0) is 0 Å². The molecule has 0 atom stereocenters. The predicted molar refractivity (Wildman–Crippen MR) is 58.8 cm³/mol. The van der Waals surface area contributed by atoms with E-state index in [1.807, 2.05) is 0 Å². The zero-order valence-electron chi connectivity index (χ0n) is 9.06. The van der Waals surface area contributed by atoms with Gasteiger partial charge in [-0.3, -0.25) is 4.70 Å². The number of rotatable bonds is 9. The third kappa shape index (κ3) is 14.7. The maximum Gasteiger partial charge on any atom is -0.00773 e. The van der Waals surface area contributed by atoms with Crippen molar-refractivity contribution in [3.05, 3.63) is 0 Å². The molecule has 1 nitrogen and oxygen atoms in total. The van der Waals surface area contributed by atoms with Crippen molar-refractivity contribution in [2.24, 2.45) is 5.73 Å². The van der Waals surface area contributed by atoms with Gasteiger partial charge in [-0.1, -0.05) is 58.3 Å². The van der Waals surface area contributed by atoms with E-state index in [0.717, 1.165) is 6.54 Å². The average Bonchev–Trinajstić information content (AvgIpc) is 2.10. The highest BCUT2D eigenvalue weighted by atomic mass is 19.0. The van der Waals surface area contributed by atoms with Crippen LogP contribution in [0, 0.1) is 0 Å². The van der Waals surface area contributed by atoms with Gasteiger partial charge in [-0.05, 0) is 13.0 Å². The number of hydrogen-bond acceptors (Lipinski definition) is 1. The molecule has 0 aromatic heterocycles. The van der Waals surface area contributed by atoms with Gasteiger partial charge in [0, 0.05) is 0 Å². The molecular weight excluding hydrogens is 165 g/mol. The van der Waals surface area contributed by atoms with Crippen molar-refractivity contribution >= 4 is 0 Å². The van der Waals surface area contributed by atoms with Crippen molar-refractivity contribution in [1.29, 1.82) is 0 Å². The third-order valence-corrected chi connectivity index (χ3v) is 2.31. The lowest BCUT2D eigenvalue weighted by Gasteiger charge is -1.99. The van der Waals surface area contributed by atoms with Crippen LogP contribution >= 0.6 is 0 Å². The van der Waals surface area contributed by atoms with Crippen molar-refractivity contribution in [3.8, 4) is 0 Å². The largest absolute Gasteiger partial charge is 0.330 e. The Morgan fingerprint density at radius 3 is 1.46 bits per heavy atom. The number of halogens is 1. The zero-order chi connectivity index (χ0) is 9.07. The molecule has 0 rings (SSSR count). The summed E-state index contributed by atoms with van der Waals surface area (Å²) in [6, 6.07) is 0. The van der Waals surface area contributed by atoms with Crippen molar-refractivity contribution in [3.63, 3.8) is 0 Å². The first kappa shape index (κ1) is 15.4. The molecule has 0 saturated carbocycles. The molecule has 82 valence electrons. The van der Waals surface area contributed by atoms with Crippen molar-refractivity contribution in [2.45, 2.75) is 64.7 Å². The maximum absolute atomic E-state index is 5.41. The van der Waals surface area contributed by atoms with Gasteiger partial charge in [-0.25, -0.2) is 0 Å². The van der Waals surface area contributed by atoms with Crippen LogP contribution in [-0.4, -0.2) is 6.54 Å². The van der Waals surface area contributed by atoms with Gasteiger partial charge in [0.15, 0.2) is 0 Å². The fraction of sp³-hybridized carbons (Fsp3) is 1.00. The highest BCUT2D eigenvalue weighted by Gasteiger charge is 1.90. The van der Waals surface area contributed by atoms with Gasteiger partial charge in [0.2, 0.25) is 0 Å². The predicted octanol–water partition coefficient (Wildman–Crippen LogP) is 3.63. The molecule has 0 radical (unpaired) electrons. The number of unbranched alkanes of at least 4 members (excludes halogenated alkanes) is 8. The molecule has 2 N–H and O–H groups in total. The SMILES string of the molecule is CCCCCCCCCCCN.F. The van der Waals surface area contributed by atoms with Crippen LogP contribution in [0.25, 0.3) is 0 Å². The summed E-state index contributed by atoms with van der Waals surface area (Å²) in [6.07, 6.45) is 12.5. The van der Waals surface area contributed by atoms with E-state index in [1.54, 1.807) is 0 Å². The fourth-order valence-corrected chi connectivity index (χ4v) is 1.45. The molecule has 0 amide bonds. The maximum atomic E-state index is 5.41. The molecule has 0 aliphatic heterocycles. The second kappa shape index (κ2) is 14.4. The Morgan fingerprint density at radius 2 is 1.08 bits per heavy atom. The molecule has 0 spiro atoms. The summed E-state index contributed by atoms with van der Waals surface area (Å²) in [5.41, 5.74) is 5.41. The quantitative estimate of drug-likeness (QED) is 0.553. The van der Waals surface area contributed by atoms with Crippen LogP contribution in [0.15, 0.2) is 0 Å². The van der Waals surface area contributed by atoms with Gasteiger partial charge >= 0.3 is 0 Å². The zero-order valence-corrected chi connectivity index (χ0v) is 9.06. The molecule has 13 heavy (non-hydrogen) atoms. The number of hydrogen-bond donors (Lipinski definition) is 1. The lowest BCUT2D eigenvalue weighted by molar-refractivity contribution is 0.567. The van der Waals surface area contributed by atoms with E-state index in [-0.39, 0.29) is 4.70 Å². The fourth-order valence-electron chi connectivity index (χ4n) is 1.45. The molecule has 0 fully saturated rings. The molecule has 0 unspecified atom stereocenters. The minimum atomic E-state index is 0. The molecular formula is C11H26FN. The third-order valence-electron chi connectivity index (χ3n) is 2.31. The Bertz CT molecular complexity index is 66.5. The summed E-state index contributed by atoms with van der Waals surface area (Å²) < 4.78 is 0. The highest BCUT2D eigenvalue weighted by molar-refractivity contribution is 4.46. The minimum absolute atomic E-state index is 0. The summed E-state index contributed by atoms with van der Waals surface area (Å²) in [7, 11) is 0. The topological polar surface area (TPSA) is 26.0 Å². The van der Waals surface area contributed by atoms with Crippen molar-refractivity contribution in [2.75, 3.05) is 6.54 Å². The van der Waals surface area contributed by atoms with E-state index in [0.29, 0.717) is 0 Å². The second-order valence-electron chi connectivity index (χ2n) is 3.62. The smallest absolute Gasteiger partial charge is 0.00773 e. The molecule has 0 saturated heterocycles. The van der Waals surface area contributed by atoms with Crippen LogP contribution in [0.2, 0.25) is 0 Å². The molecule has 0 bridgehead atoms. The van der Waals surface area contributed by atoms with Gasteiger partial charge in [0.25, 0.3) is 0 Å². The van der Waals surface area contributed by atoms with Gasteiger partial charge < -0.3 is 5.73 Å². The first-order valence-electron chi connectivity index (χ1n) is 5.62. The molecule has 0 aliphatic carbocycles. The highest BCUT2D eigenvalue weighted by Crippen LogP contribution is 2.08. The van der Waals surface area contributed by atoms with Gasteiger partial charge in [-0.2, -0.15) is 0 Å². The lowest BCUT2D eigenvalue weighted by atomic mass is 10.1. The van der Waals surface area contributed by atoms with Gasteiger partial charge in [0.1, 0.15) is 0 Å². The van der Waals surface area contributed by atoms with Crippen molar-refractivity contribution < 1.29 is 4.70 Å². The summed E-state index contributed by atoms with van der Waals surface area (Å²) >= 11 is 0. The minimum Gasteiger partial charge on any atom is -0.330 e. The van der Waals surface area contributed by atoms with E-state index in [4.69, 9.17) is 5.73 Å². The monoisotopic (exact) mass is 191 g/mol. The summed E-state index contributed by atoms with van der Waals surface area (Å²) in [5, 5.41) is 0. The number of nitrogens with two attached hydrogens (primary N) is 1. The van der Waals surface area contributed by atoms with E-state index in [9.17, 15) is 0 Å². The summed E-state index contributed by atoms with van der Waals surface area (Å²) in [6.45, 7) is 3.14. The van der Waals surface area contributed by atoms with Crippen LogP contribution in [0.1, 0.15) is 64.7 Å². The standard InChI is InChI=1S/C11H25N.FH/c1-2-3-4-5-6-7-8-9-10-11-12;/h2-12H2,1H3;1H. The first-order valence-corrected chi connectivity index (χ1v) is 5.62. The summed E-state index contributed by atoms with van der Waals surface area (Å²) in [4.78, 5) is 0. The Hall–Kier alpha value is -0.110. The van der Waals surface area contributed by atoms with Crippen molar-refractivity contribution in [1.82, 2.24) is 0 Å².